The van der Waals surface area contributed by atoms with Gasteiger partial charge in [0.25, 0.3) is 5.91 Å². The van der Waals surface area contributed by atoms with Crippen LogP contribution in [0.1, 0.15) is 68.3 Å². The summed E-state index contributed by atoms with van der Waals surface area (Å²) >= 11 is 6.35. The number of aliphatic carboxylic acids is 1. The Morgan fingerprint density at radius 3 is 2.11 bits per heavy atom. The standard InChI is InChI=1S/C38H43ClN2O4/c1-3-5-12-24-41(25-13-6-4-2)35-23-22-30(39)27-33(35)37(42)40-34(38(43)44)26-28-18-20-29(21-19-28)32-16-10-11-17-36(32)45-31-14-8-7-9-15-31/h7-11,14-23,27,34H,3-6,12-13,24-26H2,1-2H3,(H,40,42)(H,43,44). The first-order valence-corrected chi connectivity index (χ1v) is 16.3. The number of hydrogen-bond acceptors (Lipinski definition) is 4. The number of para-hydroxylation sites is 2. The number of amides is 1. The van der Waals surface area contributed by atoms with Gasteiger partial charge in [-0.05, 0) is 60.4 Å². The molecule has 4 rings (SSSR count). The number of carbonyl (C=O) groups excluding carboxylic acids is 1. The fourth-order valence-corrected chi connectivity index (χ4v) is 5.50. The normalized spacial score (nSPS) is 11.5. The van der Waals surface area contributed by atoms with Gasteiger partial charge in [-0.15, -0.1) is 0 Å². The second-order valence-corrected chi connectivity index (χ2v) is 11.7. The lowest BCUT2D eigenvalue weighted by molar-refractivity contribution is -0.139. The van der Waals surface area contributed by atoms with E-state index in [1.807, 2.05) is 84.9 Å². The third kappa shape index (κ3) is 9.85. The van der Waals surface area contributed by atoms with Crippen LogP contribution in [0.25, 0.3) is 11.1 Å². The van der Waals surface area contributed by atoms with Crippen molar-refractivity contribution in [2.75, 3.05) is 18.0 Å². The van der Waals surface area contributed by atoms with Gasteiger partial charge in [0.1, 0.15) is 17.5 Å². The van der Waals surface area contributed by atoms with Crippen molar-refractivity contribution in [3.8, 4) is 22.6 Å². The average molecular weight is 627 g/mol. The summed E-state index contributed by atoms with van der Waals surface area (Å²) in [6.45, 7) is 5.99. The lowest BCUT2D eigenvalue weighted by atomic mass is 9.99. The Hall–Kier alpha value is -4.29. The Morgan fingerprint density at radius 2 is 1.47 bits per heavy atom. The monoisotopic (exact) mass is 626 g/mol. The fraction of sp³-hybridized carbons (Fsp3) is 0.316. The van der Waals surface area contributed by atoms with Gasteiger partial charge in [0.15, 0.2) is 0 Å². The van der Waals surface area contributed by atoms with Gasteiger partial charge < -0.3 is 20.1 Å². The molecule has 0 saturated carbocycles. The number of unbranched alkanes of at least 4 members (excludes halogenated alkanes) is 4. The van der Waals surface area contributed by atoms with E-state index in [4.69, 9.17) is 16.3 Å². The number of rotatable bonds is 17. The second-order valence-electron chi connectivity index (χ2n) is 11.2. The molecule has 0 fully saturated rings. The first kappa shape index (κ1) is 33.6. The minimum absolute atomic E-state index is 0.135. The zero-order valence-electron chi connectivity index (χ0n) is 26.2. The van der Waals surface area contributed by atoms with Crippen LogP contribution in [0.15, 0.2) is 97.1 Å². The Kier molecular flexibility index (Phi) is 12.9. The molecule has 6 nitrogen and oxygen atoms in total. The fourth-order valence-electron chi connectivity index (χ4n) is 5.33. The second kappa shape index (κ2) is 17.3. The van der Waals surface area contributed by atoms with Gasteiger partial charge in [-0.3, -0.25) is 4.79 Å². The highest BCUT2D eigenvalue weighted by Gasteiger charge is 2.24. The smallest absolute Gasteiger partial charge is 0.326 e. The van der Waals surface area contributed by atoms with Gasteiger partial charge >= 0.3 is 5.97 Å². The van der Waals surface area contributed by atoms with Crippen molar-refractivity contribution in [3.63, 3.8) is 0 Å². The number of carboxylic acid groups (broad SMARTS) is 1. The van der Waals surface area contributed by atoms with E-state index in [1.165, 1.54) is 0 Å². The molecule has 1 atom stereocenters. The van der Waals surface area contributed by atoms with Crippen LogP contribution in [0.3, 0.4) is 0 Å². The molecule has 0 saturated heterocycles. The van der Waals surface area contributed by atoms with Crippen LogP contribution >= 0.6 is 11.6 Å². The largest absolute Gasteiger partial charge is 0.480 e. The number of halogens is 1. The van der Waals surface area contributed by atoms with Crippen LogP contribution in [0.5, 0.6) is 11.5 Å². The maximum Gasteiger partial charge on any atom is 0.326 e. The van der Waals surface area contributed by atoms with E-state index in [0.717, 1.165) is 85.5 Å². The highest BCUT2D eigenvalue weighted by molar-refractivity contribution is 6.31. The molecule has 1 amide bonds. The Morgan fingerprint density at radius 1 is 0.822 bits per heavy atom. The van der Waals surface area contributed by atoms with Gasteiger partial charge in [0.05, 0.1) is 5.56 Å². The minimum Gasteiger partial charge on any atom is -0.480 e. The average Bonchev–Trinajstić information content (AvgIpc) is 3.05. The number of nitrogens with zero attached hydrogens (tertiary/aromatic N) is 1. The molecule has 7 heteroatoms. The van der Waals surface area contributed by atoms with Crippen molar-refractivity contribution in [2.45, 2.75) is 64.8 Å². The van der Waals surface area contributed by atoms with Crippen LogP contribution < -0.4 is 15.0 Å². The molecule has 0 radical (unpaired) electrons. The molecule has 236 valence electrons. The summed E-state index contributed by atoms with van der Waals surface area (Å²) < 4.78 is 6.13. The Bertz CT molecular complexity index is 1510. The summed E-state index contributed by atoms with van der Waals surface area (Å²) in [7, 11) is 0. The number of carbonyl (C=O) groups is 2. The zero-order chi connectivity index (χ0) is 32.0. The number of nitrogens with one attached hydrogen (secondary N) is 1. The highest BCUT2D eigenvalue weighted by atomic mass is 35.5. The van der Waals surface area contributed by atoms with E-state index in [-0.39, 0.29) is 6.42 Å². The molecule has 4 aromatic carbocycles. The molecule has 0 heterocycles. The van der Waals surface area contributed by atoms with Crippen LogP contribution in [0.2, 0.25) is 5.02 Å². The quantitative estimate of drug-likeness (QED) is 0.114. The maximum absolute atomic E-state index is 13.6. The van der Waals surface area contributed by atoms with Crippen molar-refractivity contribution in [3.05, 3.63) is 113 Å². The molecule has 0 aliphatic heterocycles. The molecule has 1 unspecified atom stereocenters. The zero-order valence-corrected chi connectivity index (χ0v) is 26.9. The minimum atomic E-state index is -1.11. The van der Waals surface area contributed by atoms with Crippen molar-refractivity contribution >= 4 is 29.2 Å². The number of hydrogen-bond donors (Lipinski definition) is 2. The first-order chi connectivity index (χ1) is 21.9. The van der Waals surface area contributed by atoms with Crippen molar-refractivity contribution in [1.82, 2.24) is 5.32 Å². The topological polar surface area (TPSA) is 78.9 Å². The van der Waals surface area contributed by atoms with Gasteiger partial charge in [0, 0.05) is 35.8 Å². The molecule has 2 N–H and O–H groups in total. The van der Waals surface area contributed by atoms with Crippen LogP contribution in [0.4, 0.5) is 5.69 Å². The predicted molar refractivity (Wildman–Crippen MR) is 184 cm³/mol. The lowest BCUT2D eigenvalue weighted by Gasteiger charge is -2.27. The van der Waals surface area contributed by atoms with E-state index in [1.54, 1.807) is 12.1 Å². The summed E-state index contributed by atoms with van der Waals surface area (Å²) in [6.07, 6.45) is 6.58. The van der Waals surface area contributed by atoms with Crippen LogP contribution in [-0.2, 0) is 11.2 Å². The van der Waals surface area contributed by atoms with E-state index < -0.39 is 17.9 Å². The number of benzene rings is 4. The van der Waals surface area contributed by atoms with E-state index >= 15 is 0 Å². The van der Waals surface area contributed by atoms with Crippen LogP contribution in [0, 0.1) is 0 Å². The van der Waals surface area contributed by atoms with Gasteiger partial charge in [-0.25, -0.2) is 4.79 Å². The number of ether oxygens (including phenoxy) is 1. The maximum atomic E-state index is 13.6. The summed E-state index contributed by atoms with van der Waals surface area (Å²) in [5, 5.41) is 13.3. The highest BCUT2D eigenvalue weighted by Crippen LogP contribution is 2.33. The van der Waals surface area contributed by atoms with E-state index in [9.17, 15) is 14.7 Å². The number of anilines is 1. The summed E-state index contributed by atoms with van der Waals surface area (Å²) in [5.41, 5.74) is 3.84. The summed E-state index contributed by atoms with van der Waals surface area (Å²) in [4.78, 5) is 28.2. The van der Waals surface area contributed by atoms with E-state index in [0.29, 0.717) is 10.6 Å². The third-order valence-electron chi connectivity index (χ3n) is 7.77. The molecule has 0 aliphatic rings. The molecular formula is C38H43ClN2O4. The SMILES string of the molecule is CCCCCN(CCCCC)c1ccc(Cl)cc1C(=O)NC(Cc1ccc(-c2ccccc2Oc2ccccc2)cc1)C(=O)O. The number of carboxylic acids is 1. The molecule has 0 spiro atoms. The summed E-state index contributed by atoms with van der Waals surface area (Å²) in [5.74, 6) is -0.0720. The van der Waals surface area contributed by atoms with Gasteiger partial charge in [-0.1, -0.05) is 112 Å². The molecule has 45 heavy (non-hydrogen) atoms. The summed E-state index contributed by atoms with van der Waals surface area (Å²) in [6, 6.07) is 29.3. The molecule has 0 bridgehead atoms. The van der Waals surface area contributed by atoms with E-state index in [2.05, 4.69) is 24.1 Å². The molecule has 0 aliphatic carbocycles. The Labute approximate surface area is 272 Å². The third-order valence-corrected chi connectivity index (χ3v) is 8.01. The molecule has 4 aromatic rings. The molecule has 0 aromatic heterocycles. The van der Waals surface area contributed by atoms with Crippen molar-refractivity contribution in [1.29, 1.82) is 0 Å². The van der Waals surface area contributed by atoms with Gasteiger partial charge in [0.2, 0.25) is 0 Å². The van der Waals surface area contributed by atoms with Gasteiger partial charge in [-0.2, -0.15) is 0 Å². The Balaban J connectivity index is 1.50. The lowest BCUT2D eigenvalue weighted by Crippen LogP contribution is -2.43. The predicted octanol–water partition coefficient (Wildman–Crippen LogP) is 9.41. The van der Waals surface area contributed by atoms with Crippen LogP contribution in [-0.4, -0.2) is 36.1 Å². The van der Waals surface area contributed by atoms with Crippen molar-refractivity contribution in [2.24, 2.45) is 0 Å². The van der Waals surface area contributed by atoms with Crippen molar-refractivity contribution < 1.29 is 19.4 Å². The molecular weight excluding hydrogens is 584 g/mol. The first-order valence-electron chi connectivity index (χ1n) is 15.9.